The molecule has 8 heteroatoms. The first kappa shape index (κ1) is 20.1. The number of hydrogen-bond donors (Lipinski definition) is 1. The lowest BCUT2D eigenvalue weighted by atomic mass is 9.93. The van der Waals surface area contributed by atoms with E-state index in [4.69, 9.17) is 16.3 Å². The second-order valence-electron chi connectivity index (χ2n) is 7.50. The van der Waals surface area contributed by atoms with Gasteiger partial charge in [-0.1, -0.05) is 41.9 Å². The fraction of sp³-hybridized carbons (Fsp3) is 0.273. The van der Waals surface area contributed by atoms with Crippen molar-refractivity contribution in [1.29, 1.82) is 0 Å². The molecule has 3 aromatic rings. The highest BCUT2D eigenvalue weighted by atomic mass is 35.5. The minimum absolute atomic E-state index is 0.120. The molecule has 0 bridgehead atoms. The summed E-state index contributed by atoms with van der Waals surface area (Å²) in [6, 6.07) is 12.9. The zero-order valence-electron chi connectivity index (χ0n) is 16.6. The molecule has 0 aliphatic heterocycles. The van der Waals surface area contributed by atoms with Crippen LogP contribution in [0.1, 0.15) is 17.7 Å². The third-order valence-electron chi connectivity index (χ3n) is 5.43. The second kappa shape index (κ2) is 7.91. The van der Waals surface area contributed by atoms with Crippen molar-refractivity contribution in [3.63, 3.8) is 0 Å². The van der Waals surface area contributed by atoms with Gasteiger partial charge in [-0.3, -0.25) is 14.6 Å². The zero-order chi connectivity index (χ0) is 21.3. The molecule has 2 atom stereocenters. The summed E-state index contributed by atoms with van der Waals surface area (Å²) in [7, 11) is 1.59. The number of hydrogen-bond acceptors (Lipinski definition) is 5. The quantitative estimate of drug-likeness (QED) is 0.657. The number of carbonyl (C=O) groups is 1. The fourth-order valence-corrected chi connectivity index (χ4v) is 3.85. The highest BCUT2D eigenvalue weighted by Gasteiger charge is 2.60. The number of amides is 1. The molecular formula is C22H21ClN4O3. The Morgan fingerprint density at radius 2 is 2.07 bits per heavy atom. The molecule has 1 aliphatic rings. The van der Waals surface area contributed by atoms with Gasteiger partial charge in [-0.25, -0.2) is 4.68 Å². The molecule has 0 radical (unpaired) electrons. The minimum Gasteiger partial charge on any atom is -0.490 e. The average Bonchev–Trinajstić information content (AvgIpc) is 3.47. The first-order valence-corrected chi connectivity index (χ1v) is 9.91. The number of benzene rings is 1. The van der Waals surface area contributed by atoms with E-state index in [0.717, 1.165) is 5.56 Å². The van der Waals surface area contributed by atoms with Crippen LogP contribution in [0.2, 0.25) is 5.02 Å². The van der Waals surface area contributed by atoms with E-state index < -0.39 is 5.41 Å². The Morgan fingerprint density at radius 3 is 2.80 bits per heavy atom. The Hall–Kier alpha value is -3.19. The highest BCUT2D eigenvalue weighted by Crippen LogP contribution is 2.55. The smallest absolute Gasteiger partial charge is 0.270 e. The van der Waals surface area contributed by atoms with E-state index in [1.165, 1.54) is 16.9 Å². The predicted octanol–water partition coefficient (Wildman–Crippen LogP) is 3.11. The van der Waals surface area contributed by atoms with Gasteiger partial charge in [-0.05, 0) is 25.0 Å². The van der Waals surface area contributed by atoms with E-state index >= 15 is 0 Å². The first-order chi connectivity index (χ1) is 14.4. The maximum absolute atomic E-state index is 12.9. The van der Waals surface area contributed by atoms with Gasteiger partial charge in [0.15, 0.2) is 0 Å². The number of ether oxygens (including phenoxy) is 1. The number of aryl methyl sites for hydroxylation is 2. The Morgan fingerprint density at radius 1 is 1.30 bits per heavy atom. The van der Waals surface area contributed by atoms with Gasteiger partial charge in [0.25, 0.3) is 5.56 Å². The molecule has 1 N–H and O–H groups in total. The molecule has 0 unspecified atom stereocenters. The lowest BCUT2D eigenvalue weighted by molar-refractivity contribution is -0.117. The van der Waals surface area contributed by atoms with Crippen LogP contribution < -0.4 is 15.6 Å². The number of pyridine rings is 1. The zero-order valence-corrected chi connectivity index (χ0v) is 17.4. The molecule has 1 aromatic carbocycles. The molecule has 30 heavy (non-hydrogen) atoms. The molecule has 2 heterocycles. The van der Waals surface area contributed by atoms with Crippen LogP contribution in [-0.4, -0.2) is 27.3 Å². The van der Waals surface area contributed by atoms with E-state index in [2.05, 4.69) is 15.4 Å². The number of aromatic nitrogens is 3. The molecule has 1 saturated carbocycles. The molecule has 4 rings (SSSR count). The summed E-state index contributed by atoms with van der Waals surface area (Å²) in [5.41, 5.74) is 1.46. The van der Waals surface area contributed by atoms with E-state index in [1.807, 2.05) is 30.3 Å². The highest BCUT2D eigenvalue weighted by molar-refractivity contribution is 6.30. The van der Waals surface area contributed by atoms with Crippen LogP contribution in [0.4, 0.5) is 5.69 Å². The van der Waals surface area contributed by atoms with Gasteiger partial charge in [0.2, 0.25) is 5.91 Å². The summed E-state index contributed by atoms with van der Waals surface area (Å²) in [4.78, 5) is 28.9. The third kappa shape index (κ3) is 3.93. The second-order valence-corrected chi connectivity index (χ2v) is 7.94. The average molecular weight is 425 g/mol. The number of nitrogens with one attached hydrogen (secondary N) is 1. The Bertz CT molecular complexity index is 1150. The van der Waals surface area contributed by atoms with Gasteiger partial charge in [-0.15, -0.1) is 0 Å². The summed E-state index contributed by atoms with van der Waals surface area (Å²) < 4.78 is 7.28. The normalized spacial score (nSPS) is 19.9. The monoisotopic (exact) mass is 424 g/mol. The van der Waals surface area contributed by atoms with Crippen molar-refractivity contribution in [1.82, 2.24) is 14.8 Å². The fourth-order valence-electron chi connectivity index (χ4n) is 3.68. The van der Waals surface area contributed by atoms with Crippen LogP contribution in [0.3, 0.4) is 0 Å². The third-order valence-corrected chi connectivity index (χ3v) is 5.63. The molecule has 0 saturated heterocycles. The largest absolute Gasteiger partial charge is 0.490 e. The van der Waals surface area contributed by atoms with Crippen LogP contribution in [0.15, 0.2) is 59.7 Å². The van der Waals surface area contributed by atoms with Crippen molar-refractivity contribution in [3.8, 4) is 5.75 Å². The van der Waals surface area contributed by atoms with Crippen LogP contribution >= 0.6 is 11.6 Å². The first-order valence-electron chi connectivity index (χ1n) is 9.54. The van der Waals surface area contributed by atoms with Crippen molar-refractivity contribution in [3.05, 3.63) is 81.5 Å². The van der Waals surface area contributed by atoms with Gasteiger partial charge in [0, 0.05) is 24.7 Å². The summed E-state index contributed by atoms with van der Waals surface area (Å²) in [6.45, 7) is 2.05. The Balaban J connectivity index is 1.56. The lowest BCUT2D eigenvalue weighted by Gasteiger charge is -2.19. The van der Waals surface area contributed by atoms with Gasteiger partial charge >= 0.3 is 0 Å². The summed E-state index contributed by atoms with van der Waals surface area (Å²) in [6.07, 6.45) is 3.70. The number of anilines is 1. The molecule has 1 aliphatic carbocycles. The number of carbonyl (C=O) groups excluding carboxylic acids is 1. The van der Waals surface area contributed by atoms with E-state index in [0.29, 0.717) is 28.6 Å². The van der Waals surface area contributed by atoms with E-state index in [-0.39, 0.29) is 24.0 Å². The topological polar surface area (TPSA) is 86.1 Å². The number of nitrogens with zero attached hydrogens (tertiary/aromatic N) is 3. The SMILES string of the molecule is Cc1nn(C)c(=O)cc1OC[C@@]1(c2ccccc2)C[C@H]1C(=O)Nc1cncc(Cl)c1. The Labute approximate surface area is 178 Å². The van der Waals surface area contributed by atoms with E-state index in [9.17, 15) is 9.59 Å². The Kier molecular flexibility index (Phi) is 5.30. The molecule has 0 spiro atoms. The van der Waals surface area contributed by atoms with Crippen molar-refractivity contribution in [2.75, 3.05) is 11.9 Å². The minimum atomic E-state index is -0.481. The molecule has 1 fully saturated rings. The maximum Gasteiger partial charge on any atom is 0.270 e. The molecular weight excluding hydrogens is 404 g/mol. The molecule has 1 amide bonds. The molecule has 154 valence electrons. The predicted molar refractivity (Wildman–Crippen MR) is 114 cm³/mol. The van der Waals surface area contributed by atoms with Crippen molar-refractivity contribution >= 4 is 23.2 Å². The van der Waals surface area contributed by atoms with Crippen LogP contribution in [0, 0.1) is 12.8 Å². The van der Waals surface area contributed by atoms with Crippen LogP contribution in [-0.2, 0) is 17.3 Å². The van der Waals surface area contributed by atoms with Crippen molar-refractivity contribution in [2.45, 2.75) is 18.8 Å². The lowest BCUT2D eigenvalue weighted by Crippen LogP contribution is -2.27. The van der Waals surface area contributed by atoms with Crippen LogP contribution in [0.25, 0.3) is 0 Å². The van der Waals surface area contributed by atoms with E-state index in [1.54, 1.807) is 26.2 Å². The maximum atomic E-state index is 12.9. The van der Waals surface area contributed by atoms with Gasteiger partial charge in [0.1, 0.15) is 11.4 Å². The van der Waals surface area contributed by atoms with Crippen molar-refractivity contribution < 1.29 is 9.53 Å². The standard InChI is InChI=1S/C22H21ClN4O3/c1-14-19(9-20(28)27(2)26-14)30-13-22(15-6-4-3-5-7-15)10-18(22)21(29)25-17-8-16(23)11-24-12-17/h3-9,11-12,18H,10,13H2,1-2H3,(H,25,29)/t18-,22+/m0/s1. The summed E-state index contributed by atoms with van der Waals surface area (Å²) in [5.74, 6) is 0.0301. The molecule has 2 aromatic heterocycles. The van der Waals surface area contributed by atoms with Gasteiger partial charge < -0.3 is 10.1 Å². The van der Waals surface area contributed by atoms with Gasteiger partial charge in [-0.2, -0.15) is 5.10 Å². The summed E-state index contributed by atoms with van der Waals surface area (Å²) >= 11 is 5.96. The molecule has 7 nitrogen and oxygen atoms in total. The van der Waals surface area contributed by atoms with Gasteiger partial charge in [0.05, 0.1) is 29.4 Å². The van der Waals surface area contributed by atoms with Crippen molar-refractivity contribution in [2.24, 2.45) is 13.0 Å². The number of halogens is 1. The van der Waals surface area contributed by atoms with Crippen LogP contribution in [0.5, 0.6) is 5.75 Å². The number of rotatable bonds is 6. The summed E-state index contributed by atoms with van der Waals surface area (Å²) in [5, 5.41) is 7.51.